The molecule has 0 spiro atoms. The molecular weight excluding hydrogens is 254 g/mol. The van der Waals surface area contributed by atoms with Gasteiger partial charge in [-0.1, -0.05) is 6.07 Å². The molecule has 1 aliphatic carbocycles. The molecule has 0 radical (unpaired) electrons. The van der Waals surface area contributed by atoms with Crippen molar-refractivity contribution in [1.82, 2.24) is 9.55 Å². The van der Waals surface area contributed by atoms with Crippen molar-refractivity contribution in [3.05, 3.63) is 24.0 Å². The summed E-state index contributed by atoms with van der Waals surface area (Å²) < 4.78 is 12.8. The Morgan fingerprint density at radius 1 is 1.25 bits per heavy atom. The second kappa shape index (κ2) is 4.74. The molecule has 2 N–H and O–H groups in total. The average molecular weight is 273 g/mol. The molecule has 0 bridgehead atoms. The molecular formula is C15H19N3O2. The predicted octanol–water partition coefficient (Wildman–Crippen LogP) is 2.56. The van der Waals surface area contributed by atoms with Gasteiger partial charge in [0.2, 0.25) is 0 Å². The summed E-state index contributed by atoms with van der Waals surface area (Å²) in [5.41, 5.74) is 7.86. The van der Waals surface area contributed by atoms with Crippen LogP contribution in [0, 0.1) is 0 Å². The summed E-state index contributed by atoms with van der Waals surface area (Å²) in [6.45, 7) is 0. The lowest BCUT2D eigenvalue weighted by Gasteiger charge is -2.11. The van der Waals surface area contributed by atoms with Gasteiger partial charge in [0.1, 0.15) is 17.3 Å². The van der Waals surface area contributed by atoms with E-state index in [9.17, 15) is 0 Å². The summed E-state index contributed by atoms with van der Waals surface area (Å²) in [5, 5.41) is 0. The third-order valence-corrected chi connectivity index (χ3v) is 3.77. The summed E-state index contributed by atoms with van der Waals surface area (Å²) in [6.07, 6.45) is 2.39. The van der Waals surface area contributed by atoms with Gasteiger partial charge in [0.15, 0.2) is 11.5 Å². The molecule has 0 aliphatic heterocycles. The number of anilines is 1. The van der Waals surface area contributed by atoms with Crippen LogP contribution in [0.2, 0.25) is 0 Å². The fourth-order valence-corrected chi connectivity index (χ4v) is 2.51. The van der Waals surface area contributed by atoms with Crippen molar-refractivity contribution in [3.8, 4) is 22.8 Å². The van der Waals surface area contributed by atoms with Gasteiger partial charge in [-0.2, -0.15) is 0 Å². The van der Waals surface area contributed by atoms with Crippen LogP contribution in [-0.2, 0) is 7.05 Å². The third kappa shape index (κ3) is 1.90. The maximum absolute atomic E-state index is 6.22. The van der Waals surface area contributed by atoms with Gasteiger partial charge >= 0.3 is 0 Å². The van der Waals surface area contributed by atoms with Crippen LogP contribution in [0.5, 0.6) is 11.5 Å². The molecule has 0 atom stereocenters. The SMILES string of the molecule is COc1cccc(-c2nc(C3CC3)n(C)c2N)c1OC. The first-order valence-electron chi connectivity index (χ1n) is 6.70. The van der Waals surface area contributed by atoms with E-state index in [4.69, 9.17) is 20.2 Å². The number of hydrogen-bond acceptors (Lipinski definition) is 4. The van der Waals surface area contributed by atoms with E-state index in [0.717, 1.165) is 17.1 Å². The van der Waals surface area contributed by atoms with E-state index >= 15 is 0 Å². The number of nitrogen functional groups attached to an aromatic ring is 1. The Morgan fingerprint density at radius 3 is 2.60 bits per heavy atom. The number of methoxy groups -OCH3 is 2. The zero-order chi connectivity index (χ0) is 14.3. The Balaban J connectivity index is 2.16. The van der Waals surface area contributed by atoms with Gasteiger partial charge in [-0.3, -0.25) is 0 Å². The van der Waals surface area contributed by atoms with Crippen LogP contribution in [0.15, 0.2) is 18.2 Å². The molecule has 1 heterocycles. The Bertz CT molecular complexity index is 645. The number of hydrogen-bond donors (Lipinski definition) is 1. The summed E-state index contributed by atoms with van der Waals surface area (Å²) in [6, 6.07) is 5.74. The van der Waals surface area contributed by atoms with Gasteiger partial charge in [-0.25, -0.2) is 4.98 Å². The highest BCUT2D eigenvalue weighted by Crippen LogP contribution is 2.44. The molecule has 1 aromatic carbocycles. The smallest absolute Gasteiger partial charge is 0.170 e. The molecule has 1 aliphatic rings. The topological polar surface area (TPSA) is 62.3 Å². The largest absolute Gasteiger partial charge is 0.493 e. The molecule has 0 saturated heterocycles. The third-order valence-electron chi connectivity index (χ3n) is 3.77. The van der Waals surface area contributed by atoms with Crippen molar-refractivity contribution < 1.29 is 9.47 Å². The number of rotatable bonds is 4. The molecule has 1 saturated carbocycles. The highest BCUT2D eigenvalue weighted by molar-refractivity contribution is 5.78. The Morgan fingerprint density at radius 2 is 2.00 bits per heavy atom. The molecule has 2 aromatic rings. The number of benzene rings is 1. The van der Waals surface area contributed by atoms with E-state index in [0.29, 0.717) is 23.2 Å². The molecule has 0 amide bonds. The van der Waals surface area contributed by atoms with E-state index < -0.39 is 0 Å². The first-order valence-corrected chi connectivity index (χ1v) is 6.70. The van der Waals surface area contributed by atoms with Crippen LogP contribution in [0.25, 0.3) is 11.3 Å². The lowest BCUT2D eigenvalue weighted by atomic mass is 10.1. The molecule has 0 unspecified atom stereocenters. The zero-order valence-electron chi connectivity index (χ0n) is 12.0. The molecule has 1 aromatic heterocycles. The molecule has 1 fully saturated rings. The normalized spacial score (nSPS) is 14.3. The summed E-state index contributed by atoms with van der Waals surface area (Å²) >= 11 is 0. The van der Waals surface area contributed by atoms with Crippen molar-refractivity contribution in [2.45, 2.75) is 18.8 Å². The second-order valence-electron chi connectivity index (χ2n) is 5.08. The molecule has 3 rings (SSSR count). The Kier molecular flexibility index (Phi) is 3.04. The van der Waals surface area contributed by atoms with Crippen LogP contribution >= 0.6 is 0 Å². The standard InChI is InChI=1S/C15H19N3O2/c1-18-14(16)12(17-15(18)9-7-8-9)10-5-4-6-11(19-2)13(10)20-3/h4-6,9H,7-8,16H2,1-3H3. The number of nitrogens with two attached hydrogens (primary N) is 1. The number of aromatic nitrogens is 2. The number of imidazole rings is 1. The van der Waals surface area contributed by atoms with Crippen molar-refractivity contribution >= 4 is 5.82 Å². The van der Waals surface area contributed by atoms with Gasteiger partial charge in [-0.05, 0) is 25.0 Å². The first kappa shape index (κ1) is 12.8. The van der Waals surface area contributed by atoms with Crippen LogP contribution in [0.3, 0.4) is 0 Å². The van der Waals surface area contributed by atoms with Gasteiger partial charge in [0.25, 0.3) is 0 Å². The minimum atomic E-state index is 0.549. The first-order chi connectivity index (χ1) is 9.67. The van der Waals surface area contributed by atoms with Crippen molar-refractivity contribution in [3.63, 3.8) is 0 Å². The van der Waals surface area contributed by atoms with Crippen molar-refractivity contribution in [2.75, 3.05) is 20.0 Å². The average Bonchev–Trinajstić information content (AvgIpc) is 3.26. The van der Waals surface area contributed by atoms with Crippen LogP contribution in [0.1, 0.15) is 24.6 Å². The van der Waals surface area contributed by atoms with Gasteiger partial charge in [0, 0.05) is 18.5 Å². The fourth-order valence-electron chi connectivity index (χ4n) is 2.51. The van der Waals surface area contributed by atoms with Crippen LogP contribution in [-0.4, -0.2) is 23.8 Å². The van der Waals surface area contributed by atoms with E-state index in [1.807, 2.05) is 29.8 Å². The van der Waals surface area contributed by atoms with Gasteiger partial charge in [0.05, 0.1) is 14.2 Å². The fraction of sp³-hybridized carbons (Fsp3) is 0.400. The number of para-hydroxylation sites is 1. The monoisotopic (exact) mass is 273 g/mol. The molecule has 106 valence electrons. The predicted molar refractivity (Wildman–Crippen MR) is 78.1 cm³/mol. The molecule has 20 heavy (non-hydrogen) atoms. The zero-order valence-corrected chi connectivity index (χ0v) is 12.0. The Hall–Kier alpha value is -2.17. The van der Waals surface area contributed by atoms with Crippen molar-refractivity contribution in [2.24, 2.45) is 7.05 Å². The van der Waals surface area contributed by atoms with Crippen molar-refractivity contribution in [1.29, 1.82) is 0 Å². The molecule has 5 heteroatoms. The number of nitrogens with zero attached hydrogens (tertiary/aromatic N) is 2. The van der Waals surface area contributed by atoms with Crippen LogP contribution in [0.4, 0.5) is 5.82 Å². The van der Waals surface area contributed by atoms with E-state index in [1.54, 1.807) is 14.2 Å². The minimum Gasteiger partial charge on any atom is -0.493 e. The van der Waals surface area contributed by atoms with Crippen LogP contribution < -0.4 is 15.2 Å². The Labute approximate surface area is 118 Å². The van der Waals surface area contributed by atoms with E-state index in [2.05, 4.69) is 0 Å². The summed E-state index contributed by atoms with van der Waals surface area (Å²) in [4.78, 5) is 4.73. The summed E-state index contributed by atoms with van der Waals surface area (Å²) in [7, 11) is 5.22. The highest BCUT2D eigenvalue weighted by Gasteiger charge is 2.30. The lowest BCUT2D eigenvalue weighted by molar-refractivity contribution is 0.356. The lowest BCUT2D eigenvalue weighted by Crippen LogP contribution is -2.00. The number of ether oxygens (including phenoxy) is 2. The maximum atomic E-state index is 6.22. The van der Waals surface area contributed by atoms with Gasteiger partial charge in [-0.15, -0.1) is 0 Å². The minimum absolute atomic E-state index is 0.549. The van der Waals surface area contributed by atoms with Gasteiger partial charge < -0.3 is 19.8 Å². The van der Waals surface area contributed by atoms with E-state index in [-0.39, 0.29) is 0 Å². The second-order valence-corrected chi connectivity index (χ2v) is 5.08. The quantitative estimate of drug-likeness (QED) is 0.930. The van der Waals surface area contributed by atoms with E-state index in [1.165, 1.54) is 12.8 Å². The highest BCUT2D eigenvalue weighted by atomic mass is 16.5. The summed E-state index contributed by atoms with van der Waals surface area (Å²) in [5.74, 6) is 3.62. The molecule has 5 nitrogen and oxygen atoms in total. The maximum Gasteiger partial charge on any atom is 0.170 e.